The highest BCUT2D eigenvalue weighted by molar-refractivity contribution is 5.91. The maximum absolute atomic E-state index is 12.9. The zero-order valence-electron chi connectivity index (χ0n) is 11.3. The number of carbonyl (C=O) groups is 1. The van der Waals surface area contributed by atoms with Gasteiger partial charge in [0.1, 0.15) is 0 Å². The third kappa shape index (κ3) is 1.73. The third-order valence-corrected chi connectivity index (χ3v) is 5.50. The van der Waals surface area contributed by atoms with Crippen LogP contribution in [0.25, 0.3) is 0 Å². The Bertz CT molecular complexity index is 479. The second-order valence-electron chi connectivity index (χ2n) is 6.61. The van der Waals surface area contributed by atoms with Gasteiger partial charge in [-0.15, -0.1) is 0 Å². The van der Waals surface area contributed by atoms with Gasteiger partial charge in [0.2, 0.25) is 5.91 Å². The molecule has 0 aromatic heterocycles. The molecule has 2 aliphatic carbocycles. The first-order chi connectivity index (χ1) is 9.29. The highest BCUT2D eigenvalue weighted by Gasteiger charge is 2.54. The van der Waals surface area contributed by atoms with Crippen LogP contribution in [0.15, 0.2) is 30.3 Å². The van der Waals surface area contributed by atoms with E-state index in [9.17, 15) is 4.79 Å². The molecular formula is C17H21NO. The lowest BCUT2D eigenvalue weighted by Crippen LogP contribution is -2.38. The largest absolute Gasteiger partial charge is 0.341 e. The summed E-state index contributed by atoms with van der Waals surface area (Å²) in [7, 11) is 0. The average molecular weight is 255 g/mol. The first kappa shape index (κ1) is 11.5. The van der Waals surface area contributed by atoms with Crippen LogP contribution in [-0.2, 0) is 10.2 Å². The van der Waals surface area contributed by atoms with Crippen molar-refractivity contribution in [2.24, 2.45) is 11.8 Å². The number of hydrogen-bond acceptors (Lipinski definition) is 1. The summed E-state index contributed by atoms with van der Waals surface area (Å²) >= 11 is 0. The molecule has 1 aromatic rings. The SMILES string of the molecule is O=C(N1CC2CCCC2C1)C1(c2ccccc2)CC1. The minimum atomic E-state index is -0.153. The molecule has 1 aliphatic heterocycles. The molecule has 0 radical (unpaired) electrons. The van der Waals surface area contributed by atoms with Gasteiger partial charge in [0.05, 0.1) is 5.41 Å². The molecule has 1 amide bonds. The van der Waals surface area contributed by atoms with Crippen LogP contribution in [0.5, 0.6) is 0 Å². The molecule has 100 valence electrons. The maximum Gasteiger partial charge on any atom is 0.233 e. The lowest BCUT2D eigenvalue weighted by atomic mass is 9.94. The molecule has 3 fully saturated rings. The molecule has 19 heavy (non-hydrogen) atoms. The standard InChI is InChI=1S/C17H21NO/c19-16(18-11-13-5-4-6-14(13)12-18)17(9-10-17)15-7-2-1-3-8-15/h1-3,7-8,13-14H,4-6,9-12H2. The number of nitrogens with zero attached hydrogens (tertiary/aromatic N) is 1. The van der Waals surface area contributed by atoms with Crippen molar-refractivity contribution in [3.63, 3.8) is 0 Å². The Labute approximate surface area is 114 Å². The first-order valence-corrected chi connectivity index (χ1v) is 7.64. The fourth-order valence-corrected chi connectivity index (χ4v) is 4.21. The number of carbonyl (C=O) groups excluding carboxylic acids is 1. The van der Waals surface area contributed by atoms with Crippen molar-refractivity contribution in [2.45, 2.75) is 37.5 Å². The van der Waals surface area contributed by atoms with Gasteiger partial charge in [0.25, 0.3) is 0 Å². The molecular weight excluding hydrogens is 234 g/mol. The molecule has 2 nitrogen and oxygen atoms in total. The van der Waals surface area contributed by atoms with E-state index in [2.05, 4.69) is 29.2 Å². The summed E-state index contributed by atoms with van der Waals surface area (Å²) in [5.41, 5.74) is 1.08. The van der Waals surface area contributed by atoms with Crippen molar-refractivity contribution in [1.82, 2.24) is 4.90 Å². The molecule has 4 rings (SSSR count). The molecule has 2 heteroatoms. The normalized spacial score (nSPS) is 31.3. The van der Waals surface area contributed by atoms with Gasteiger partial charge < -0.3 is 4.90 Å². The predicted octanol–water partition coefficient (Wildman–Crippen LogP) is 2.98. The summed E-state index contributed by atoms with van der Waals surface area (Å²) in [6.07, 6.45) is 6.14. The van der Waals surface area contributed by atoms with E-state index in [0.29, 0.717) is 5.91 Å². The highest BCUT2D eigenvalue weighted by atomic mass is 16.2. The van der Waals surface area contributed by atoms with Crippen LogP contribution in [0.4, 0.5) is 0 Å². The van der Waals surface area contributed by atoms with Crippen LogP contribution >= 0.6 is 0 Å². The van der Waals surface area contributed by atoms with Crippen LogP contribution in [0.1, 0.15) is 37.7 Å². The second-order valence-corrected chi connectivity index (χ2v) is 6.61. The van der Waals surface area contributed by atoms with Crippen molar-refractivity contribution in [3.05, 3.63) is 35.9 Å². The van der Waals surface area contributed by atoms with Gasteiger partial charge in [-0.2, -0.15) is 0 Å². The van der Waals surface area contributed by atoms with E-state index >= 15 is 0 Å². The number of benzene rings is 1. The van der Waals surface area contributed by atoms with Crippen LogP contribution in [-0.4, -0.2) is 23.9 Å². The van der Waals surface area contributed by atoms with E-state index in [1.54, 1.807) is 0 Å². The summed E-state index contributed by atoms with van der Waals surface area (Å²) in [5.74, 6) is 2.01. The van der Waals surface area contributed by atoms with Crippen molar-refractivity contribution in [1.29, 1.82) is 0 Å². The molecule has 2 unspecified atom stereocenters. The molecule has 2 saturated carbocycles. The van der Waals surface area contributed by atoms with E-state index < -0.39 is 0 Å². The van der Waals surface area contributed by atoms with Gasteiger partial charge in [0, 0.05) is 13.1 Å². The smallest absolute Gasteiger partial charge is 0.233 e. The maximum atomic E-state index is 12.9. The van der Waals surface area contributed by atoms with Crippen LogP contribution in [0, 0.1) is 11.8 Å². The molecule has 3 aliphatic rings. The summed E-state index contributed by atoms with van der Waals surface area (Å²) in [6, 6.07) is 10.4. The van der Waals surface area contributed by atoms with Gasteiger partial charge in [0.15, 0.2) is 0 Å². The molecule has 1 heterocycles. The summed E-state index contributed by atoms with van der Waals surface area (Å²) in [5, 5.41) is 0. The Hall–Kier alpha value is -1.31. The number of amides is 1. The molecule has 0 spiro atoms. The molecule has 0 bridgehead atoms. The number of fused-ring (bicyclic) bond motifs is 1. The topological polar surface area (TPSA) is 20.3 Å². The van der Waals surface area contributed by atoms with Gasteiger partial charge in [-0.1, -0.05) is 36.8 Å². The summed E-state index contributed by atoms with van der Waals surface area (Å²) in [4.78, 5) is 15.1. The van der Waals surface area contributed by atoms with E-state index in [4.69, 9.17) is 0 Å². The molecule has 1 saturated heterocycles. The minimum Gasteiger partial charge on any atom is -0.341 e. The van der Waals surface area contributed by atoms with Crippen LogP contribution < -0.4 is 0 Å². The van der Waals surface area contributed by atoms with Crippen LogP contribution in [0.2, 0.25) is 0 Å². The lowest BCUT2D eigenvalue weighted by Gasteiger charge is -2.24. The number of hydrogen-bond donors (Lipinski definition) is 0. The van der Waals surface area contributed by atoms with Gasteiger partial charge in [-0.05, 0) is 43.1 Å². The third-order valence-electron chi connectivity index (χ3n) is 5.50. The van der Waals surface area contributed by atoms with E-state index in [0.717, 1.165) is 37.8 Å². The molecule has 0 N–H and O–H groups in total. The first-order valence-electron chi connectivity index (χ1n) is 7.64. The quantitative estimate of drug-likeness (QED) is 0.795. The Morgan fingerprint density at radius 2 is 1.68 bits per heavy atom. The summed E-state index contributed by atoms with van der Waals surface area (Å²) < 4.78 is 0. The van der Waals surface area contributed by atoms with E-state index in [1.165, 1.54) is 24.8 Å². The van der Waals surface area contributed by atoms with Crippen molar-refractivity contribution in [2.75, 3.05) is 13.1 Å². The van der Waals surface area contributed by atoms with Gasteiger partial charge in [-0.3, -0.25) is 4.79 Å². The highest BCUT2D eigenvalue weighted by Crippen LogP contribution is 2.51. The van der Waals surface area contributed by atoms with Crippen molar-refractivity contribution >= 4 is 5.91 Å². The Morgan fingerprint density at radius 1 is 1.05 bits per heavy atom. The molecule has 2 atom stereocenters. The van der Waals surface area contributed by atoms with Crippen molar-refractivity contribution in [3.8, 4) is 0 Å². The monoisotopic (exact) mass is 255 g/mol. The van der Waals surface area contributed by atoms with Crippen molar-refractivity contribution < 1.29 is 4.79 Å². The van der Waals surface area contributed by atoms with E-state index in [-0.39, 0.29) is 5.41 Å². The average Bonchev–Trinajstić information content (AvgIpc) is 2.97. The van der Waals surface area contributed by atoms with Gasteiger partial charge in [-0.25, -0.2) is 0 Å². The zero-order valence-corrected chi connectivity index (χ0v) is 11.3. The Kier molecular flexibility index (Phi) is 2.48. The Balaban J connectivity index is 1.55. The number of rotatable bonds is 2. The number of likely N-dealkylation sites (tertiary alicyclic amines) is 1. The Morgan fingerprint density at radius 3 is 2.26 bits per heavy atom. The van der Waals surface area contributed by atoms with Gasteiger partial charge >= 0.3 is 0 Å². The molecule has 1 aromatic carbocycles. The van der Waals surface area contributed by atoms with Crippen LogP contribution in [0.3, 0.4) is 0 Å². The second kappa shape index (κ2) is 4.09. The minimum absolute atomic E-state index is 0.153. The fourth-order valence-electron chi connectivity index (χ4n) is 4.21. The van der Waals surface area contributed by atoms with E-state index in [1.807, 2.05) is 6.07 Å². The lowest BCUT2D eigenvalue weighted by molar-refractivity contribution is -0.133. The zero-order chi connectivity index (χ0) is 12.9. The fraction of sp³-hybridized carbons (Fsp3) is 0.588. The summed E-state index contributed by atoms with van der Waals surface area (Å²) in [6.45, 7) is 2.05. The predicted molar refractivity (Wildman–Crippen MR) is 74.8 cm³/mol.